The third-order valence-corrected chi connectivity index (χ3v) is 3.77. The lowest BCUT2D eigenvalue weighted by molar-refractivity contribution is 0.0550. The molecule has 2 rings (SSSR count). The highest BCUT2D eigenvalue weighted by Gasteiger charge is 2.27. The fraction of sp³-hybridized carbons (Fsp3) is 0.533. The molecular weight excluding hydrogens is 238 g/mol. The van der Waals surface area contributed by atoms with Crippen molar-refractivity contribution >= 4 is 5.91 Å². The summed E-state index contributed by atoms with van der Waals surface area (Å²) in [7, 11) is 4.08. The van der Waals surface area contributed by atoms with Crippen molar-refractivity contribution in [2.75, 3.05) is 40.3 Å². The molecule has 0 bridgehead atoms. The molecule has 1 aromatic rings. The summed E-state index contributed by atoms with van der Waals surface area (Å²) in [5.41, 5.74) is 1.93. The number of hydrogen-bond acceptors (Lipinski definition) is 3. The molecule has 1 aliphatic heterocycles. The molecule has 1 atom stereocenters. The predicted octanol–water partition coefficient (Wildman–Crippen LogP) is 0.971. The average molecular weight is 261 g/mol. The van der Waals surface area contributed by atoms with Crippen LogP contribution in [0.5, 0.6) is 0 Å². The third-order valence-electron chi connectivity index (χ3n) is 3.77. The molecule has 1 heterocycles. The molecular formula is C15H23N3O. The van der Waals surface area contributed by atoms with E-state index < -0.39 is 0 Å². The number of piperazine rings is 1. The fourth-order valence-electron chi connectivity index (χ4n) is 2.55. The molecule has 1 aromatic carbocycles. The summed E-state index contributed by atoms with van der Waals surface area (Å²) in [5, 5.41) is 3.20. The summed E-state index contributed by atoms with van der Waals surface area (Å²) in [5.74, 6) is 0.151. The maximum Gasteiger partial charge on any atom is 0.253 e. The van der Waals surface area contributed by atoms with E-state index in [0.29, 0.717) is 6.04 Å². The first kappa shape index (κ1) is 14.0. The number of carbonyl (C=O) groups excluding carboxylic acids is 1. The average Bonchev–Trinajstić information content (AvgIpc) is 2.41. The Kier molecular flexibility index (Phi) is 4.56. The minimum absolute atomic E-state index is 0.151. The number of likely N-dealkylation sites (N-methyl/N-ethyl adjacent to an activating group) is 2. The quantitative estimate of drug-likeness (QED) is 0.881. The van der Waals surface area contributed by atoms with Gasteiger partial charge in [-0.1, -0.05) is 17.7 Å². The van der Waals surface area contributed by atoms with E-state index in [9.17, 15) is 4.79 Å². The van der Waals surface area contributed by atoms with E-state index in [4.69, 9.17) is 0 Å². The highest BCUT2D eigenvalue weighted by atomic mass is 16.2. The van der Waals surface area contributed by atoms with Crippen LogP contribution in [0.1, 0.15) is 15.9 Å². The minimum atomic E-state index is 0.151. The predicted molar refractivity (Wildman–Crippen MR) is 77.4 cm³/mol. The zero-order chi connectivity index (χ0) is 13.8. The summed E-state index contributed by atoms with van der Waals surface area (Å²) in [6, 6.07) is 8.23. The van der Waals surface area contributed by atoms with Gasteiger partial charge in [0.05, 0.1) is 0 Å². The SMILES string of the molecule is CNCC1CN(C(=O)c2cccc(C)c2)CCN1C. The Hall–Kier alpha value is -1.39. The van der Waals surface area contributed by atoms with Crippen molar-refractivity contribution in [3.8, 4) is 0 Å². The fourth-order valence-corrected chi connectivity index (χ4v) is 2.55. The second-order valence-electron chi connectivity index (χ2n) is 5.31. The van der Waals surface area contributed by atoms with Crippen LogP contribution < -0.4 is 5.32 Å². The van der Waals surface area contributed by atoms with E-state index in [1.54, 1.807) is 0 Å². The van der Waals surface area contributed by atoms with Gasteiger partial charge in [0.25, 0.3) is 5.91 Å². The monoisotopic (exact) mass is 261 g/mol. The Morgan fingerprint density at radius 2 is 2.21 bits per heavy atom. The second-order valence-corrected chi connectivity index (χ2v) is 5.31. The van der Waals surface area contributed by atoms with Crippen molar-refractivity contribution in [2.24, 2.45) is 0 Å². The normalized spacial score (nSPS) is 20.6. The first-order valence-corrected chi connectivity index (χ1v) is 6.82. The molecule has 4 heteroatoms. The molecule has 1 fully saturated rings. The van der Waals surface area contributed by atoms with Crippen molar-refractivity contribution < 1.29 is 4.79 Å². The number of nitrogens with one attached hydrogen (secondary N) is 1. The Balaban J connectivity index is 2.07. The number of hydrogen-bond donors (Lipinski definition) is 1. The van der Waals surface area contributed by atoms with Gasteiger partial charge in [0, 0.05) is 37.8 Å². The summed E-state index contributed by atoms with van der Waals surface area (Å²) in [4.78, 5) is 16.8. The zero-order valence-electron chi connectivity index (χ0n) is 12.0. The van der Waals surface area contributed by atoms with Crippen LogP contribution in [-0.4, -0.2) is 62.0 Å². The van der Waals surface area contributed by atoms with Gasteiger partial charge in [0.2, 0.25) is 0 Å². The Labute approximate surface area is 115 Å². The Morgan fingerprint density at radius 1 is 1.42 bits per heavy atom. The van der Waals surface area contributed by atoms with Gasteiger partial charge in [-0.2, -0.15) is 0 Å². The smallest absolute Gasteiger partial charge is 0.253 e. The zero-order valence-corrected chi connectivity index (χ0v) is 12.0. The standard InChI is InChI=1S/C15H23N3O/c1-12-5-4-6-13(9-12)15(19)18-8-7-17(3)14(11-18)10-16-2/h4-6,9,14,16H,7-8,10-11H2,1-3H3. The molecule has 0 radical (unpaired) electrons. The first-order valence-electron chi connectivity index (χ1n) is 6.82. The summed E-state index contributed by atoms with van der Waals surface area (Å²) in [6.45, 7) is 5.47. The van der Waals surface area contributed by atoms with E-state index in [-0.39, 0.29) is 5.91 Å². The molecule has 4 nitrogen and oxygen atoms in total. The second kappa shape index (κ2) is 6.17. The molecule has 1 unspecified atom stereocenters. The molecule has 0 aliphatic carbocycles. The molecule has 0 saturated carbocycles. The van der Waals surface area contributed by atoms with Crippen molar-refractivity contribution in [1.29, 1.82) is 0 Å². The number of carbonyl (C=O) groups is 1. The minimum Gasteiger partial charge on any atom is -0.336 e. The largest absolute Gasteiger partial charge is 0.336 e. The van der Waals surface area contributed by atoms with Gasteiger partial charge >= 0.3 is 0 Å². The highest BCUT2D eigenvalue weighted by Crippen LogP contribution is 2.13. The van der Waals surface area contributed by atoms with E-state index in [1.165, 1.54) is 0 Å². The first-order chi connectivity index (χ1) is 9.11. The van der Waals surface area contributed by atoms with Crippen molar-refractivity contribution in [3.05, 3.63) is 35.4 Å². The van der Waals surface area contributed by atoms with Gasteiger partial charge in [-0.3, -0.25) is 9.69 Å². The number of benzene rings is 1. The van der Waals surface area contributed by atoms with Gasteiger partial charge in [0.1, 0.15) is 0 Å². The van der Waals surface area contributed by atoms with Crippen molar-refractivity contribution in [2.45, 2.75) is 13.0 Å². The van der Waals surface area contributed by atoms with Crippen LogP contribution in [-0.2, 0) is 0 Å². The van der Waals surface area contributed by atoms with Gasteiger partial charge in [0.15, 0.2) is 0 Å². The summed E-state index contributed by atoms with van der Waals surface area (Å²) < 4.78 is 0. The molecule has 1 saturated heterocycles. The lowest BCUT2D eigenvalue weighted by Gasteiger charge is -2.39. The van der Waals surface area contributed by atoms with Crippen LogP contribution in [0.3, 0.4) is 0 Å². The van der Waals surface area contributed by atoms with Crippen LogP contribution >= 0.6 is 0 Å². The molecule has 104 valence electrons. The topological polar surface area (TPSA) is 35.6 Å². The van der Waals surface area contributed by atoms with Crippen molar-refractivity contribution in [1.82, 2.24) is 15.1 Å². The number of rotatable bonds is 3. The number of aryl methyl sites for hydroxylation is 1. The number of amides is 1. The Morgan fingerprint density at radius 3 is 2.89 bits per heavy atom. The highest BCUT2D eigenvalue weighted by molar-refractivity contribution is 5.94. The van der Waals surface area contributed by atoms with Crippen LogP contribution in [0, 0.1) is 6.92 Å². The van der Waals surface area contributed by atoms with Crippen LogP contribution in [0.25, 0.3) is 0 Å². The molecule has 0 aromatic heterocycles. The van der Waals surface area contributed by atoms with E-state index >= 15 is 0 Å². The third kappa shape index (κ3) is 3.33. The molecule has 1 aliphatic rings. The van der Waals surface area contributed by atoms with Crippen LogP contribution in [0.4, 0.5) is 0 Å². The van der Waals surface area contributed by atoms with Crippen molar-refractivity contribution in [3.63, 3.8) is 0 Å². The summed E-state index contributed by atoms with van der Waals surface area (Å²) >= 11 is 0. The summed E-state index contributed by atoms with van der Waals surface area (Å²) in [6.07, 6.45) is 0. The van der Waals surface area contributed by atoms with Gasteiger partial charge in [-0.05, 0) is 33.2 Å². The van der Waals surface area contributed by atoms with Gasteiger partial charge in [-0.15, -0.1) is 0 Å². The maximum absolute atomic E-state index is 12.5. The lowest BCUT2D eigenvalue weighted by Crippen LogP contribution is -2.56. The maximum atomic E-state index is 12.5. The van der Waals surface area contributed by atoms with E-state index in [2.05, 4.69) is 17.3 Å². The molecule has 1 N–H and O–H groups in total. The van der Waals surface area contributed by atoms with Gasteiger partial charge < -0.3 is 10.2 Å². The molecule has 0 spiro atoms. The Bertz CT molecular complexity index is 447. The van der Waals surface area contributed by atoms with Gasteiger partial charge in [-0.25, -0.2) is 0 Å². The molecule has 19 heavy (non-hydrogen) atoms. The van der Waals surface area contributed by atoms with Crippen LogP contribution in [0.15, 0.2) is 24.3 Å². The number of nitrogens with zero attached hydrogens (tertiary/aromatic N) is 2. The molecule has 1 amide bonds. The lowest BCUT2D eigenvalue weighted by atomic mass is 10.1. The van der Waals surface area contributed by atoms with Crippen LogP contribution in [0.2, 0.25) is 0 Å². The van der Waals surface area contributed by atoms with E-state index in [0.717, 1.165) is 37.3 Å². The van der Waals surface area contributed by atoms with E-state index in [1.807, 2.05) is 43.1 Å².